The predicted octanol–water partition coefficient (Wildman–Crippen LogP) is 2.13. The Morgan fingerprint density at radius 2 is 2.10 bits per heavy atom. The number of hydrogen-bond acceptors (Lipinski definition) is 4. The molecule has 1 atom stereocenters. The summed E-state index contributed by atoms with van der Waals surface area (Å²) in [5, 5.41) is 2.91. The molecule has 1 N–H and O–H groups in total. The molecule has 0 aromatic heterocycles. The zero-order valence-corrected chi connectivity index (χ0v) is 13.0. The van der Waals surface area contributed by atoms with Crippen LogP contribution in [-0.4, -0.2) is 49.8 Å². The first-order valence-corrected chi connectivity index (χ1v) is 7.38. The van der Waals surface area contributed by atoms with Crippen LogP contribution in [0.25, 0.3) is 0 Å². The molecule has 1 amide bonds. The number of amides is 1. The van der Waals surface area contributed by atoms with Crippen molar-refractivity contribution in [3.8, 4) is 5.75 Å². The van der Waals surface area contributed by atoms with Crippen LogP contribution in [0.5, 0.6) is 5.75 Å². The molecule has 1 aliphatic heterocycles. The second-order valence-electron chi connectivity index (χ2n) is 5.62. The number of methoxy groups -OCH3 is 1. The molecule has 5 heteroatoms. The molecule has 116 valence electrons. The molecule has 0 aliphatic carbocycles. The van der Waals surface area contributed by atoms with Gasteiger partial charge in [-0.15, -0.1) is 0 Å². The van der Waals surface area contributed by atoms with Crippen molar-refractivity contribution >= 4 is 11.6 Å². The second kappa shape index (κ2) is 7.43. The maximum atomic E-state index is 12.0. The molecule has 1 aliphatic rings. The molecule has 0 bridgehead atoms. The molecule has 0 radical (unpaired) electrons. The molecule has 21 heavy (non-hydrogen) atoms. The van der Waals surface area contributed by atoms with Crippen molar-refractivity contribution in [3.63, 3.8) is 0 Å². The topological polar surface area (TPSA) is 50.8 Å². The predicted molar refractivity (Wildman–Crippen MR) is 82.7 cm³/mol. The Labute approximate surface area is 126 Å². The maximum Gasteiger partial charge on any atom is 0.238 e. The van der Waals surface area contributed by atoms with Gasteiger partial charge < -0.3 is 14.8 Å². The summed E-state index contributed by atoms with van der Waals surface area (Å²) in [6.45, 7) is 6.11. The van der Waals surface area contributed by atoms with Crippen LogP contribution in [0.15, 0.2) is 24.3 Å². The van der Waals surface area contributed by atoms with Gasteiger partial charge in [0.25, 0.3) is 0 Å². The molecular formula is C16H24N2O3. The van der Waals surface area contributed by atoms with Crippen molar-refractivity contribution in [3.05, 3.63) is 24.3 Å². The van der Waals surface area contributed by atoms with Gasteiger partial charge in [-0.2, -0.15) is 0 Å². The maximum absolute atomic E-state index is 12.0. The molecule has 0 saturated carbocycles. The lowest BCUT2D eigenvalue weighted by Crippen LogP contribution is -2.32. The second-order valence-corrected chi connectivity index (χ2v) is 5.62. The van der Waals surface area contributed by atoms with Crippen molar-refractivity contribution in [2.45, 2.75) is 32.5 Å². The van der Waals surface area contributed by atoms with E-state index in [-0.39, 0.29) is 18.1 Å². The van der Waals surface area contributed by atoms with Crippen molar-refractivity contribution in [1.29, 1.82) is 0 Å². The van der Waals surface area contributed by atoms with Gasteiger partial charge in [-0.05, 0) is 44.5 Å². The molecule has 5 nitrogen and oxygen atoms in total. The van der Waals surface area contributed by atoms with E-state index in [9.17, 15) is 4.79 Å². The lowest BCUT2D eigenvalue weighted by atomic mass is 10.3. The van der Waals surface area contributed by atoms with Crippen LogP contribution in [0.3, 0.4) is 0 Å². The Morgan fingerprint density at radius 1 is 1.38 bits per heavy atom. The Hall–Kier alpha value is -1.59. The highest BCUT2D eigenvalue weighted by molar-refractivity contribution is 5.92. The largest absolute Gasteiger partial charge is 0.491 e. The van der Waals surface area contributed by atoms with Gasteiger partial charge in [-0.1, -0.05) is 0 Å². The van der Waals surface area contributed by atoms with Crippen LogP contribution in [0, 0.1) is 0 Å². The zero-order chi connectivity index (χ0) is 15.2. The molecule has 1 aromatic carbocycles. The van der Waals surface area contributed by atoms with Gasteiger partial charge in [0.2, 0.25) is 5.91 Å². The van der Waals surface area contributed by atoms with Gasteiger partial charge in [0.05, 0.1) is 18.8 Å². The summed E-state index contributed by atoms with van der Waals surface area (Å²) < 4.78 is 10.9. The molecule has 2 rings (SSSR count). The normalized spacial score (nSPS) is 19.0. The number of benzene rings is 1. The quantitative estimate of drug-likeness (QED) is 0.872. The van der Waals surface area contributed by atoms with E-state index < -0.39 is 0 Å². The summed E-state index contributed by atoms with van der Waals surface area (Å²) in [5.74, 6) is 0.815. The van der Waals surface area contributed by atoms with Crippen LogP contribution in [0.4, 0.5) is 5.69 Å². The Bertz CT molecular complexity index is 459. The summed E-state index contributed by atoms with van der Waals surface area (Å²) in [6.07, 6.45) is 1.39. The molecule has 1 heterocycles. The Balaban J connectivity index is 1.80. The van der Waals surface area contributed by atoms with Crippen molar-refractivity contribution in [2.75, 3.05) is 32.1 Å². The van der Waals surface area contributed by atoms with E-state index in [2.05, 4.69) is 10.2 Å². The number of carbonyl (C=O) groups is 1. The first kappa shape index (κ1) is 15.8. The van der Waals surface area contributed by atoms with E-state index in [4.69, 9.17) is 9.47 Å². The first-order chi connectivity index (χ1) is 10.1. The molecular weight excluding hydrogens is 268 g/mol. The number of anilines is 1. The number of nitrogens with zero attached hydrogens (tertiary/aromatic N) is 1. The van der Waals surface area contributed by atoms with Crippen molar-refractivity contribution in [2.24, 2.45) is 0 Å². The van der Waals surface area contributed by atoms with Crippen molar-refractivity contribution in [1.82, 2.24) is 4.90 Å². The van der Waals surface area contributed by atoms with Gasteiger partial charge in [0.15, 0.2) is 0 Å². The number of likely N-dealkylation sites (tertiary alicyclic amines) is 1. The number of hydrogen-bond donors (Lipinski definition) is 1. The summed E-state index contributed by atoms with van der Waals surface area (Å²) in [4.78, 5) is 14.1. The minimum atomic E-state index is 0.00396. The average molecular weight is 292 g/mol. The highest BCUT2D eigenvalue weighted by Crippen LogP contribution is 2.17. The summed E-state index contributed by atoms with van der Waals surface area (Å²) >= 11 is 0. The van der Waals surface area contributed by atoms with Crippen LogP contribution >= 0.6 is 0 Å². The third-order valence-corrected chi connectivity index (χ3v) is 3.44. The van der Waals surface area contributed by atoms with Gasteiger partial charge >= 0.3 is 0 Å². The Morgan fingerprint density at radius 3 is 2.67 bits per heavy atom. The molecule has 1 saturated heterocycles. The van der Waals surface area contributed by atoms with Gasteiger partial charge in [-0.3, -0.25) is 9.69 Å². The first-order valence-electron chi connectivity index (χ1n) is 7.38. The molecule has 1 fully saturated rings. The average Bonchev–Trinajstić information content (AvgIpc) is 2.88. The SMILES string of the molecule is CO[C@@H]1CCN(CC(=O)Nc2ccc(OC(C)C)cc2)C1. The van der Waals surface area contributed by atoms with E-state index in [0.29, 0.717) is 6.54 Å². The van der Waals surface area contributed by atoms with Crippen LogP contribution < -0.4 is 10.1 Å². The summed E-state index contributed by atoms with van der Waals surface area (Å²) in [5.41, 5.74) is 0.790. The van der Waals surface area contributed by atoms with E-state index in [0.717, 1.165) is 30.9 Å². The van der Waals surface area contributed by atoms with Crippen LogP contribution in [0.1, 0.15) is 20.3 Å². The molecule has 0 unspecified atom stereocenters. The monoisotopic (exact) mass is 292 g/mol. The fourth-order valence-corrected chi connectivity index (χ4v) is 2.43. The van der Waals surface area contributed by atoms with Crippen LogP contribution in [0.2, 0.25) is 0 Å². The minimum absolute atomic E-state index is 0.00396. The lowest BCUT2D eigenvalue weighted by molar-refractivity contribution is -0.117. The fourth-order valence-electron chi connectivity index (χ4n) is 2.43. The number of rotatable bonds is 6. The zero-order valence-electron chi connectivity index (χ0n) is 13.0. The third kappa shape index (κ3) is 5.02. The van der Waals surface area contributed by atoms with Crippen LogP contribution in [-0.2, 0) is 9.53 Å². The van der Waals surface area contributed by atoms with Crippen molar-refractivity contribution < 1.29 is 14.3 Å². The molecule has 0 spiro atoms. The standard InChI is InChI=1S/C16H24N2O3/c1-12(2)21-14-6-4-13(5-7-14)17-16(19)11-18-9-8-15(10-18)20-3/h4-7,12,15H,8-11H2,1-3H3,(H,17,19)/t15-/m1/s1. The van der Waals surface area contributed by atoms with E-state index in [1.54, 1.807) is 7.11 Å². The highest BCUT2D eigenvalue weighted by Gasteiger charge is 2.23. The molecule has 1 aromatic rings. The Kier molecular flexibility index (Phi) is 5.59. The third-order valence-electron chi connectivity index (χ3n) is 3.44. The number of ether oxygens (including phenoxy) is 2. The van der Waals surface area contributed by atoms with E-state index >= 15 is 0 Å². The minimum Gasteiger partial charge on any atom is -0.491 e. The van der Waals surface area contributed by atoms with Gasteiger partial charge in [0.1, 0.15) is 5.75 Å². The van der Waals surface area contributed by atoms with E-state index in [1.807, 2.05) is 38.1 Å². The van der Waals surface area contributed by atoms with E-state index in [1.165, 1.54) is 0 Å². The number of nitrogens with one attached hydrogen (secondary N) is 1. The summed E-state index contributed by atoms with van der Waals surface area (Å²) in [6, 6.07) is 7.45. The fraction of sp³-hybridized carbons (Fsp3) is 0.562. The highest BCUT2D eigenvalue weighted by atomic mass is 16.5. The summed E-state index contributed by atoms with van der Waals surface area (Å²) in [7, 11) is 1.72. The lowest BCUT2D eigenvalue weighted by Gasteiger charge is -2.15. The smallest absolute Gasteiger partial charge is 0.238 e. The van der Waals surface area contributed by atoms with Gasteiger partial charge in [0, 0.05) is 25.9 Å². The van der Waals surface area contributed by atoms with Gasteiger partial charge in [-0.25, -0.2) is 0 Å². The number of carbonyl (C=O) groups excluding carboxylic acids is 1.